The molecule has 0 fully saturated rings. The molecule has 214 valence electrons. The number of carbonyl (C=O) groups excluding carboxylic acids is 2. The van der Waals surface area contributed by atoms with Gasteiger partial charge in [0.25, 0.3) is 0 Å². The Bertz CT molecular complexity index is 477. The van der Waals surface area contributed by atoms with Gasteiger partial charge in [0.05, 0.1) is 13.2 Å². The van der Waals surface area contributed by atoms with E-state index in [2.05, 4.69) is 20.8 Å². The molecule has 0 aliphatic rings. The molecule has 1 atom stereocenters. The van der Waals surface area contributed by atoms with Crippen molar-refractivity contribution in [3.05, 3.63) is 0 Å². The smallest absolute Gasteiger partial charge is 0.306 e. The third-order valence-corrected chi connectivity index (χ3v) is 7.30. The van der Waals surface area contributed by atoms with E-state index >= 15 is 0 Å². The van der Waals surface area contributed by atoms with E-state index in [1.807, 2.05) is 0 Å². The lowest BCUT2D eigenvalue weighted by molar-refractivity contribution is -0.145. The Kier molecular flexibility index (Phi) is 27.7. The molecular weight excluding hydrogens is 448 g/mol. The Morgan fingerprint density at radius 2 is 0.917 bits per heavy atom. The van der Waals surface area contributed by atoms with Gasteiger partial charge < -0.3 is 9.47 Å². The summed E-state index contributed by atoms with van der Waals surface area (Å²) in [5, 5.41) is 0. The van der Waals surface area contributed by atoms with Crippen LogP contribution in [0.1, 0.15) is 175 Å². The molecule has 0 aromatic carbocycles. The summed E-state index contributed by atoms with van der Waals surface area (Å²) in [6.45, 7) is 7.83. The van der Waals surface area contributed by atoms with Gasteiger partial charge in [0.1, 0.15) is 0 Å². The Balaban J connectivity index is 3.42. The van der Waals surface area contributed by atoms with Crippen molar-refractivity contribution >= 4 is 11.9 Å². The average Bonchev–Trinajstić information content (AvgIpc) is 2.88. The minimum absolute atomic E-state index is 0.00652. The first kappa shape index (κ1) is 34.9. The third-order valence-electron chi connectivity index (χ3n) is 7.30. The van der Waals surface area contributed by atoms with E-state index in [9.17, 15) is 9.59 Å². The Morgan fingerprint density at radius 3 is 1.42 bits per heavy atom. The van der Waals surface area contributed by atoms with Crippen LogP contribution in [0.2, 0.25) is 0 Å². The molecule has 0 radical (unpaired) electrons. The van der Waals surface area contributed by atoms with Gasteiger partial charge in [-0.15, -0.1) is 0 Å². The van der Waals surface area contributed by atoms with E-state index in [-0.39, 0.29) is 11.9 Å². The molecule has 0 rings (SSSR count). The number of hydrogen-bond acceptors (Lipinski definition) is 4. The molecule has 0 N–H and O–H groups in total. The molecule has 0 spiro atoms. The van der Waals surface area contributed by atoms with Crippen molar-refractivity contribution in [3.63, 3.8) is 0 Å². The molecule has 4 nitrogen and oxygen atoms in total. The Labute approximate surface area is 225 Å². The molecule has 0 saturated heterocycles. The fourth-order valence-electron chi connectivity index (χ4n) is 4.72. The van der Waals surface area contributed by atoms with E-state index in [1.54, 1.807) is 0 Å². The summed E-state index contributed by atoms with van der Waals surface area (Å²) in [4.78, 5) is 23.8. The van der Waals surface area contributed by atoms with Crippen LogP contribution in [0.5, 0.6) is 0 Å². The van der Waals surface area contributed by atoms with Crippen molar-refractivity contribution in [3.8, 4) is 0 Å². The molecule has 0 aromatic heterocycles. The van der Waals surface area contributed by atoms with Gasteiger partial charge >= 0.3 is 11.9 Å². The van der Waals surface area contributed by atoms with E-state index in [4.69, 9.17) is 9.47 Å². The molecule has 0 amide bonds. The van der Waals surface area contributed by atoms with E-state index < -0.39 is 0 Å². The maximum atomic E-state index is 12.1. The lowest BCUT2D eigenvalue weighted by atomic mass is 9.95. The molecule has 0 saturated carbocycles. The van der Waals surface area contributed by atoms with Crippen molar-refractivity contribution < 1.29 is 19.1 Å². The molecule has 36 heavy (non-hydrogen) atoms. The lowest BCUT2D eigenvalue weighted by Crippen LogP contribution is -2.12. The van der Waals surface area contributed by atoms with Gasteiger partial charge in [-0.05, 0) is 31.6 Å². The molecule has 4 heteroatoms. The zero-order valence-electron chi connectivity index (χ0n) is 24.6. The van der Waals surface area contributed by atoms with Gasteiger partial charge in [-0.25, -0.2) is 0 Å². The zero-order chi connectivity index (χ0) is 26.5. The highest BCUT2D eigenvalue weighted by atomic mass is 16.5. The molecule has 1 unspecified atom stereocenters. The van der Waals surface area contributed by atoms with Crippen LogP contribution in [0.15, 0.2) is 0 Å². The zero-order valence-corrected chi connectivity index (χ0v) is 24.6. The highest BCUT2D eigenvalue weighted by Gasteiger charge is 2.13. The van der Waals surface area contributed by atoms with Gasteiger partial charge in [-0.2, -0.15) is 0 Å². The average molecular weight is 511 g/mol. The maximum absolute atomic E-state index is 12.1. The van der Waals surface area contributed by atoms with Crippen LogP contribution in [0, 0.1) is 5.92 Å². The standard InChI is InChI=1S/C32H62O4/c1-4-7-9-19-23-27-35-31(33)26-22-18-16-14-12-11-13-15-17-21-25-30(6-3)29-32(34)36-28-24-20-10-8-5-2/h30H,4-29H2,1-3H3. The summed E-state index contributed by atoms with van der Waals surface area (Å²) in [5.74, 6) is 0.484. The fraction of sp³-hybridized carbons (Fsp3) is 0.938. The van der Waals surface area contributed by atoms with Crippen LogP contribution in [-0.4, -0.2) is 25.2 Å². The first-order valence-corrected chi connectivity index (χ1v) is 15.9. The number of hydrogen-bond donors (Lipinski definition) is 0. The third kappa shape index (κ3) is 26.0. The summed E-state index contributed by atoms with van der Waals surface area (Å²) in [6, 6.07) is 0. The summed E-state index contributed by atoms with van der Waals surface area (Å²) < 4.78 is 10.8. The largest absolute Gasteiger partial charge is 0.466 e. The first-order valence-electron chi connectivity index (χ1n) is 15.9. The number of carbonyl (C=O) groups is 2. The normalized spacial score (nSPS) is 12.0. The second-order valence-electron chi connectivity index (χ2n) is 10.8. The SMILES string of the molecule is CCCCCCCOC(=O)CCCCCCCCCCCCC(CC)CC(=O)OCCCCCCC. The topological polar surface area (TPSA) is 52.6 Å². The van der Waals surface area contributed by atoms with Crippen molar-refractivity contribution in [1.29, 1.82) is 0 Å². The van der Waals surface area contributed by atoms with E-state index in [0.29, 0.717) is 32.0 Å². The summed E-state index contributed by atoms with van der Waals surface area (Å²) >= 11 is 0. The van der Waals surface area contributed by atoms with Gasteiger partial charge in [0.2, 0.25) is 0 Å². The molecule has 0 bridgehead atoms. The minimum Gasteiger partial charge on any atom is -0.466 e. The lowest BCUT2D eigenvalue weighted by Gasteiger charge is -2.14. The van der Waals surface area contributed by atoms with Crippen molar-refractivity contribution in [1.82, 2.24) is 0 Å². The predicted molar refractivity (Wildman–Crippen MR) is 153 cm³/mol. The van der Waals surface area contributed by atoms with Gasteiger partial charge in [-0.1, -0.05) is 136 Å². The quantitative estimate of drug-likeness (QED) is 0.0776. The number of unbranched alkanes of at least 4 members (excludes halogenated alkanes) is 17. The van der Waals surface area contributed by atoms with Crippen LogP contribution >= 0.6 is 0 Å². The van der Waals surface area contributed by atoms with E-state index in [1.165, 1.54) is 103 Å². The van der Waals surface area contributed by atoms with Crippen molar-refractivity contribution in [2.45, 2.75) is 175 Å². The number of ether oxygens (including phenoxy) is 2. The van der Waals surface area contributed by atoms with Crippen LogP contribution in [-0.2, 0) is 19.1 Å². The summed E-state index contributed by atoms with van der Waals surface area (Å²) in [6.07, 6.45) is 27.8. The molecule has 0 aliphatic carbocycles. The van der Waals surface area contributed by atoms with Crippen molar-refractivity contribution in [2.75, 3.05) is 13.2 Å². The summed E-state index contributed by atoms with van der Waals surface area (Å²) in [5.41, 5.74) is 0. The van der Waals surface area contributed by atoms with Gasteiger partial charge in [0, 0.05) is 12.8 Å². The number of rotatable bonds is 28. The highest BCUT2D eigenvalue weighted by Crippen LogP contribution is 2.19. The monoisotopic (exact) mass is 510 g/mol. The van der Waals surface area contributed by atoms with Gasteiger partial charge in [0.15, 0.2) is 0 Å². The van der Waals surface area contributed by atoms with Crippen LogP contribution in [0.4, 0.5) is 0 Å². The van der Waals surface area contributed by atoms with Crippen LogP contribution in [0.3, 0.4) is 0 Å². The molecule has 0 heterocycles. The van der Waals surface area contributed by atoms with Gasteiger partial charge in [-0.3, -0.25) is 9.59 Å². The Hall–Kier alpha value is -1.06. The van der Waals surface area contributed by atoms with Crippen LogP contribution in [0.25, 0.3) is 0 Å². The molecule has 0 aliphatic heterocycles. The first-order chi connectivity index (χ1) is 17.6. The maximum Gasteiger partial charge on any atom is 0.306 e. The summed E-state index contributed by atoms with van der Waals surface area (Å²) in [7, 11) is 0. The predicted octanol–water partition coefficient (Wildman–Crippen LogP) is 10.1. The second kappa shape index (κ2) is 28.5. The highest BCUT2D eigenvalue weighted by molar-refractivity contribution is 5.69. The molecule has 0 aromatic rings. The number of esters is 2. The minimum atomic E-state index is -0.00880. The Morgan fingerprint density at radius 1 is 0.500 bits per heavy atom. The van der Waals surface area contributed by atoms with Crippen LogP contribution < -0.4 is 0 Å². The van der Waals surface area contributed by atoms with Crippen molar-refractivity contribution in [2.24, 2.45) is 5.92 Å². The fourth-order valence-corrected chi connectivity index (χ4v) is 4.72. The molecular formula is C32H62O4. The second-order valence-corrected chi connectivity index (χ2v) is 10.8. The van der Waals surface area contributed by atoms with E-state index in [0.717, 1.165) is 38.5 Å².